The van der Waals surface area contributed by atoms with E-state index in [1.54, 1.807) is 29.2 Å². The van der Waals surface area contributed by atoms with Crippen molar-refractivity contribution in [3.63, 3.8) is 0 Å². The summed E-state index contributed by atoms with van der Waals surface area (Å²) in [4.78, 5) is 66.2. The highest BCUT2D eigenvalue weighted by Crippen LogP contribution is 2.62. The molecule has 442 valence electrons. The van der Waals surface area contributed by atoms with E-state index in [1.165, 1.54) is 23.6 Å². The number of fused-ring (bicyclic) bond motifs is 2. The van der Waals surface area contributed by atoms with E-state index in [1.807, 2.05) is 10.7 Å². The highest BCUT2D eigenvalue weighted by atomic mass is 19.4. The SMILES string of the molecule is COC(=O)NC(C(=O)NC(Cc1ccc(C#Cc2cnc(N3CC4CCC(C3)N4C3COC3)nc2)cc1)C(O)CN(Cc1c(F)cc(-c2cn(C34CC(C3)C4)nn2)cc1F)NC(=O)C(NC(=O)O)C(C)(C)C(F)(F)F)C(C)(C)C(F)(F)F. The molecule has 6 unspecified atom stereocenters. The third kappa shape index (κ3) is 12.3. The molecule has 10 rings (SSSR count). The molecule has 3 saturated carbocycles. The van der Waals surface area contributed by atoms with Crippen molar-refractivity contribution in [1.82, 2.24) is 56.2 Å². The Balaban J connectivity index is 0.983. The van der Waals surface area contributed by atoms with Crippen LogP contribution in [0.5, 0.6) is 0 Å². The van der Waals surface area contributed by atoms with Gasteiger partial charge in [0.1, 0.15) is 29.4 Å². The van der Waals surface area contributed by atoms with E-state index in [9.17, 15) is 55.7 Å². The van der Waals surface area contributed by atoms with Crippen LogP contribution in [0.3, 0.4) is 0 Å². The minimum atomic E-state index is -5.24. The van der Waals surface area contributed by atoms with Crippen LogP contribution in [0.15, 0.2) is 55.0 Å². The molecule has 2 aromatic heterocycles. The number of piperazine rings is 1. The first-order chi connectivity index (χ1) is 38.5. The van der Waals surface area contributed by atoms with Crippen LogP contribution in [-0.4, -0.2) is 164 Å². The maximum Gasteiger partial charge on any atom is 0.407 e. The Kier molecular flexibility index (Phi) is 16.6. The van der Waals surface area contributed by atoms with Crippen LogP contribution in [-0.2, 0) is 37.6 Å². The summed E-state index contributed by atoms with van der Waals surface area (Å²) in [7, 11) is 0.838. The van der Waals surface area contributed by atoms with Gasteiger partial charge in [-0.25, -0.2) is 38.0 Å². The van der Waals surface area contributed by atoms with E-state index in [4.69, 9.17) is 4.74 Å². The van der Waals surface area contributed by atoms with Crippen LogP contribution in [0.2, 0.25) is 0 Å². The molecule has 5 heterocycles. The third-order valence-electron chi connectivity index (χ3n) is 16.6. The normalized spacial score (nSPS) is 22.3. The van der Waals surface area contributed by atoms with E-state index in [-0.39, 0.29) is 16.8 Å². The summed E-state index contributed by atoms with van der Waals surface area (Å²) < 4.78 is 131. The van der Waals surface area contributed by atoms with Crippen molar-refractivity contribution in [3.05, 3.63) is 88.9 Å². The number of carboxylic acid groups (broad SMARTS) is 1. The predicted octanol–water partition coefficient (Wildman–Crippen LogP) is 5.43. The number of carbonyl (C=O) groups excluding carboxylic acids is 3. The standard InChI is InChI=1S/C54H62F8N12O8/c1-50(2,53(57,58)59)43(67-49(80)81-5)45(76)65-40(14-30-9-6-29(7-10-30)8-11-31-20-63-47(64-21-31)71-22-34-12-13-35(23-71)74(34)36-27-82-28-36)42(75)26-72(69-46(77)44(66-48(78)79)51(3,4)54(60,61)62)24-37-38(55)15-33(16-39(37)56)41-25-73(70-68-41)52-17-32(18-52)19-52/h6-7,9-10,15-16,20-21,25,32,34-36,40,42-44,66,75H,12-14,17-19,22-24,26-28H2,1-5H3,(H,65,76)(H,67,80)(H,69,77)(H,78,79). The lowest BCUT2D eigenvalue weighted by atomic mass is 9.50. The second kappa shape index (κ2) is 22.8. The number of aliphatic hydroxyl groups is 1. The average molecular weight is 1160 g/mol. The highest BCUT2D eigenvalue weighted by Gasteiger charge is 2.59. The first-order valence-corrected chi connectivity index (χ1v) is 26.5. The van der Waals surface area contributed by atoms with E-state index in [0.717, 1.165) is 77.6 Å². The molecule has 6 fully saturated rings. The van der Waals surface area contributed by atoms with Crippen LogP contribution in [0.25, 0.3) is 11.3 Å². The Morgan fingerprint density at radius 1 is 0.829 bits per heavy atom. The molecule has 2 aromatic carbocycles. The molecule has 4 amide bonds. The van der Waals surface area contributed by atoms with Gasteiger partial charge in [0.2, 0.25) is 11.9 Å². The number of carbonyl (C=O) groups is 4. The second-order valence-electron chi connectivity index (χ2n) is 23.0. The predicted molar refractivity (Wildman–Crippen MR) is 275 cm³/mol. The summed E-state index contributed by atoms with van der Waals surface area (Å²) in [5.74, 6) is 1.38. The Morgan fingerprint density at radius 3 is 1.91 bits per heavy atom. The lowest BCUT2D eigenvalue weighted by Crippen LogP contribution is -2.63. The van der Waals surface area contributed by atoms with Crippen molar-refractivity contribution in [1.29, 1.82) is 0 Å². The van der Waals surface area contributed by atoms with E-state index < -0.39 is 108 Å². The number of ether oxygens (including phenoxy) is 2. The second-order valence-corrected chi connectivity index (χ2v) is 23.0. The first kappa shape index (κ1) is 59.4. The largest absolute Gasteiger partial charge is 0.465 e. The number of methoxy groups -OCH3 is 1. The number of aliphatic hydroxyl groups excluding tert-OH is 1. The molecule has 20 nitrogen and oxygen atoms in total. The Morgan fingerprint density at radius 2 is 1.40 bits per heavy atom. The van der Waals surface area contributed by atoms with Crippen LogP contribution in [0, 0.1) is 40.2 Å². The van der Waals surface area contributed by atoms with Gasteiger partial charge in [0.15, 0.2) is 0 Å². The number of nitrogens with one attached hydrogen (secondary N) is 4. The summed E-state index contributed by atoms with van der Waals surface area (Å²) in [5.41, 5.74) is -3.89. The van der Waals surface area contributed by atoms with Gasteiger partial charge in [-0.3, -0.25) is 19.9 Å². The molecule has 3 aliphatic heterocycles. The molecule has 0 spiro atoms. The Bertz CT molecular complexity index is 3040. The quantitative estimate of drug-likeness (QED) is 0.0390. The van der Waals surface area contributed by atoms with Gasteiger partial charge in [0.05, 0.1) is 66.6 Å². The Labute approximate surface area is 465 Å². The van der Waals surface area contributed by atoms with Gasteiger partial charge in [-0.05, 0) is 102 Å². The maximum absolute atomic E-state index is 16.3. The van der Waals surface area contributed by atoms with Crippen molar-refractivity contribution >= 4 is 29.9 Å². The number of hydrazine groups is 1. The molecule has 4 aromatic rings. The topological polar surface area (TPSA) is 242 Å². The maximum atomic E-state index is 16.3. The van der Waals surface area contributed by atoms with Crippen molar-refractivity contribution < 1.29 is 74.0 Å². The fourth-order valence-electron chi connectivity index (χ4n) is 11.2. The van der Waals surface area contributed by atoms with Crippen LogP contribution >= 0.6 is 0 Å². The number of alkyl carbamates (subject to hydrolysis) is 1. The van der Waals surface area contributed by atoms with Gasteiger partial charge in [-0.1, -0.05) is 29.2 Å². The molecule has 6 atom stereocenters. The van der Waals surface area contributed by atoms with Crippen molar-refractivity contribution in [3.8, 4) is 23.1 Å². The number of nitrogens with zero attached hydrogens (tertiary/aromatic N) is 8. The molecule has 3 saturated heterocycles. The zero-order chi connectivity index (χ0) is 59.3. The fraction of sp³-hybridized carbons (Fsp3) is 0.556. The summed E-state index contributed by atoms with van der Waals surface area (Å²) in [6, 6.07) is 2.28. The van der Waals surface area contributed by atoms with Gasteiger partial charge in [-0.15, -0.1) is 5.10 Å². The van der Waals surface area contributed by atoms with E-state index in [2.05, 4.69) is 52.0 Å². The summed E-state index contributed by atoms with van der Waals surface area (Å²) >= 11 is 0. The van der Waals surface area contributed by atoms with Gasteiger partial charge < -0.3 is 40.5 Å². The number of hydrogen-bond acceptors (Lipinski definition) is 14. The fourth-order valence-corrected chi connectivity index (χ4v) is 11.2. The zero-order valence-corrected chi connectivity index (χ0v) is 45.2. The molecule has 4 bridgehead atoms. The molecule has 6 aliphatic rings. The first-order valence-electron chi connectivity index (χ1n) is 26.5. The highest BCUT2D eigenvalue weighted by molar-refractivity contribution is 5.87. The van der Waals surface area contributed by atoms with E-state index >= 15 is 8.78 Å². The monoisotopic (exact) mass is 1160 g/mol. The number of anilines is 1. The number of rotatable bonds is 19. The lowest BCUT2D eigenvalue weighted by molar-refractivity contribution is -0.221. The van der Waals surface area contributed by atoms with Gasteiger partial charge >= 0.3 is 24.5 Å². The molecule has 82 heavy (non-hydrogen) atoms. The summed E-state index contributed by atoms with van der Waals surface area (Å²) in [6.07, 6.45) is -6.93. The van der Waals surface area contributed by atoms with E-state index in [0.29, 0.717) is 79.4 Å². The van der Waals surface area contributed by atoms with Gasteiger partial charge in [0.25, 0.3) is 5.91 Å². The summed E-state index contributed by atoms with van der Waals surface area (Å²) in [6.45, 7) is 3.17. The number of halogens is 8. The van der Waals surface area contributed by atoms with Crippen LogP contribution in [0.4, 0.5) is 50.7 Å². The number of hydrogen-bond donors (Lipinski definition) is 6. The number of aromatic nitrogens is 5. The smallest absolute Gasteiger partial charge is 0.407 e. The van der Waals surface area contributed by atoms with Crippen molar-refractivity contribution in [2.24, 2.45) is 16.7 Å². The minimum absolute atomic E-state index is 0.0591. The summed E-state index contributed by atoms with van der Waals surface area (Å²) in [5, 5.41) is 36.2. The molecule has 6 N–H and O–H groups in total. The zero-order valence-electron chi connectivity index (χ0n) is 45.2. The van der Waals surface area contributed by atoms with Gasteiger partial charge in [-0.2, -0.15) is 26.3 Å². The molecular formula is C54H62F8N12O8. The van der Waals surface area contributed by atoms with Crippen LogP contribution < -0.4 is 26.3 Å². The number of alkyl halides is 6. The third-order valence-corrected chi connectivity index (χ3v) is 16.6. The molecule has 28 heteroatoms. The average Bonchev–Trinajstić information content (AvgIpc) is 1.49. The molecule has 0 radical (unpaired) electrons. The van der Waals surface area contributed by atoms with Crippen LogP contribution in [0.1, 0.15) is 82.1 Å². The Hall–Kier alpha value is -7.22. The lowest BCUT2D eigenvalue weighted by Gasteiger charge is -2.61. The number of benzene rings is 2. The number of amides is 4. The molecule has 3 aliphatic carbocycles. The van der Waals surface area contributed by atoms with Crippen molar-refractivity contribution in [2.45, 2.75) is 133 Å². The van der Waals surface area contributed by atoms with Crippen molar-refractivity contribution in [2.75, 3.05) is 44.9 Å². The minimum Gasteiger partial charge on any atom is -0.465 e. The molecular weight excluding hydrogens is 1100 g/mol. The van der Waals surface area contributed by atoms with Gasteiger partial charge in [0, 0.05) is 67.3 Å².